The highest BCUT2D eigenvalue weighted by Gasteiger charge is 2.38. The van der Waals surface area contributed by atoms with Gasteiger partial charge in [0.2, 0.25) is 11.8 Å². The Labute approximate surface area is 184 Å². The molecule has 0 unspecified atom stereocenters. The van der Waals surface area contributed by atoms with E-state index in [1.165, 1.54) is 12.1 Å². The number of benzene rings is 2. The second kappa shape index (κ2) is 8.18. The molecular formula is C24H23FN4O3. The van der Waals surface area contributed by atoms with Crippen molar-refractivity contribution in [3.8, 4) is 0 Å². The minimum absolute atomic E-state index is 0.0746. The van der Waals surface area contributed by atoms with Gasteiger partial charge in [-0.05, 0) is 49.2 Å². The van der Waals surface area contributed by atoms with Gasteiger partial charge in [-0.2, -0.15) is 0 Å². The highest BCUT2D eigenvalue weighted by Crippen LogP contribution is 2.29. The number of piperidine rings is 1. The molecule has 2 amide bonds. The molecule has 0 radical (unpaired) electrons. The summed E-state index contributed by atoms with van der Waals surface area (Å²) in [6, 6.07) is 12.8. The van der Waals surface area contributed by atoms with Gasteiger partial charge in [-0.3, -0.25) is 19.0 Å². The van der Waals surface area contributed by atoms with Crippen molar-refractivity contribution in [3.63, 3.8) is 0 Å². The van der Waals surface area contributed by atoms with Crippen LogP contribution >= 0.6 is 0 Å². The van der Waals surface area contributed by atoms with Crippen LogP contribution in [-0.4, -0.2) is 45.9 Å². The fraction of sp³-hybridized carbons (Fsp3) is 0.333. The number of carbonyl (C=O) groups excluding carboxylic acids is 2. The zero-order valence-electron chi connectivity index (χ0n) is 17.5. The van der Waals surface area contributed by atoms with Gasteiger partial charge in [0.15, 0.2) is 0 Å². The summed E-state index contributed by atoms with van der Waals surface area (Å²) < 4.78 is 14.8. The lowest BCUT2D eigenvalue weighted by Crippen LogP contribution is -2.45. The van der Waals surface area contributed by atoms with Crippen LogP contribution < -0.4 is 10.5 Å². The molecule has 2 saturated heterocycles. The average Bonchev–Trinajstić information content (AvgIpc) is 3.21. The molecule has 164 valence electrons. The smallest absolute Gasteiger partial charge is 0.261 e. The van der Waals surface area contributed by atoms with Crippen LogP contribution in [-0.2, 0) is 9.59 Å². The number of para-hydroxylation sites is 1. The molecule has 0 aliphatic carbocycles. The van der Waals surface area contributed by atoms with Crippen LogP contribution in [0.15, 0.2) is 59.7 Å². The van der Waals surface area contributed by atoms with Crippen LogP contribution in [0.25, 0.3) is 10.9 Å². The number of carbonyl (C=O) groups is 2. The van der Waals surface area contributed by atoms with Crippen molar-refractivity contribution in [2.24, 2.45) is 5.92 Å². The first-order valence-corrected chi connectivity index (χ1v) is 10.8. The zero-order valence-corrected chi connectivity index (χ0v) is 17.5. The van der Waals surface area contributed by atoms with E-state index in [0.717, 1.165) is 12.8 Å². The molecule has 1 aromatic heterocycles. The van der Waals surface area contributed by atoms with Gasteiger partial charge in [0.1, 0.15) is 5.82 Å². The SMILES string of the molecule is O=C([C@@H]1CC(=O)N(c2ccc(F)cc2)C1)N1CCC[C@H](n2cnc3ccccc3c2=O)C1. The second-order valence-electron chi connectivity index (χ2n) is 8.44. The molecule has 8 heteroatoms. The number of aromatic nitrogens is 2. The van der Waals surface area contributed by atoms with Crippen molar-refractivity contribution >= 4 is 28.4 Å². The lowest BCUT2D eigenvalue weighted by Gasteiger charge is -2.35. The molecule has 0 saturated carbocycles. The van der Waals surface area contributed by atoms with Crippen molar-refractivity contribution < 1.29 is 14.0 Å². The Bertz CT molecular complexity index is 1240. The number of hydrogen-bond acceptors (Lipinski definition) is 4. The fourth-order valence-corrected chi connectivity index (χ4v) is 4.73. The summed E-state index contributed by atoms with van der Waals surface area (Å²) in [5, 5.41) is 0.565. The maximum Gasteiger partial charge on any atom is 0.261 e. The molecular weight excluding hydrogens is 411 g/mol. The van der Waals surface area contributed by atoms with E-state index >= 15 is 0 Å². The summed E-state index contributed by atoms with van der Waals surface area (Å²) >= 11 is 0. The van der Waals surface area contributed by atoms with Crippen molar-refractivity contribution in [3.05, 3.63) is 71.0 Å². The zero-order chi connectivity index (χ0) is 22.2. The van der Waals surface area contributed by atoms with Gasteiger partial charge in [0, 0.05) is 31.7 Å². The predicted octanol–water partition coefficient (Wildman–Crippen LogP) is 2.75. The van der Waals surface area contributed by atoms with Crippen LogP contribution in [0.4, 0.5) is 10.1 Å². The maximum atomic E-state index is 13.2. The number of hydrogen-bond donors (Lipinski definition) is 0. The summed E-state index contributed by atoms with van der Waals surface area (Å²) in [5.74, 6) is -1.03. The largest absolute Gasteiger partial charge is 0.340 e. The third-order valence-electron chi connectivity index (χ3n) is 6.40. The van der Waals surface area contributed by atoms with Gasteiger partial charge in [-0.15, -0.1) is 0 Å². The first-order chi connectivity index (χ1) is 15.5. The molecule has 2 aliphatic rings. The van der Waals surface area contributed by atoms with Gasteiger partial charge in [0.05, 0.1) is 29.2 Å². The Kier molecular flexibility index (Phi) is 5.20. The molecule has 3 heterocycles. The van der Waals surface area contributed by atoms with Gasteiger partial charge in [0.25, 0.3) is 5.56 Å². The molecule has 2 aliphatic heterocycles. The Morgan fingerprint density at radius 2 is 1.81 bits per heavy atom. The summed E-state index contributed by atoms with van der Waals surface area (Å²) in [5.41, 5.74) is 1.15. The summed E-state index contributed by atoms with van der Waals surface area (Å²) in [6.07, 6.45) is 3.26. The molecule has 0 bridgehead atoms. The van der Waals surface area contributed by atoms with Gasteiger partial charge in [-0.1, -0.05) is 12.1 Å². The molecule has 2 aromatic carbocycles. The van der Waals surface area contributed by atoms with E-state index in [0.29, 0.717) is 29.7 Å². The Hall–Kier alpha value is -3.55. The minimum atomic E-state index is -0.447. The Morgan fingerprint density at radius 1 is 1.03 bits per heavy atom. The van der Waals surface area contributed by atoms with E-state index in [-0.39, 0.29) is 42.2 Å². The highest BCUT2D eigenvalue weighted by atomic mass is 19.1. The third-order valence-corrected chi connectivity index (χ3v) is 6.40. The van der Waals surface area contributed by atoms with Gasteiger partial charge in [-0.25, -0.2) is 9.37 Å². The topological polar surface area (TPSA) is 75.5 Å². The molecule has 7 nitrogen and oxygen atoms in total. The van der Waals surface area contributed by atoms with Crippen LogP contribution in [0.2, 0.25) is 0 Å². The molecule has 32 heavy (non-hydrogen) atoms. The third kappa shape index (κ3) is 3.66. The van der Waals surface area contributed by atoms with Gasteiger partial charge >= 0.3 is 0 Å². The lowest BCUT2D eigenvalue weighted by molar-refractivity contribution is -0.137. The minimum Gasteiger partial charge on any atom is -0.340 e. The normalized spacial score (nSPS) is 21.3. The van der Waals surface area contributed by atoms with E-state index in [2.05, 4.69) is 4.98 Å². The standard InChI is InChI=1S/C24H23FN4O3/c25-17-7-9-18(10-8-17)28-13-16(12-22(28)30)23(31)27-11-3-4-19(14-27)29-15-26-21-6-2-1-5-20(21)24(29)32/h1-2,5-10,15-16,19H,3-4,11-14H2/t16-,19+/m1/s1. The fourth-order valence-electron chi connectivity index (χ4n) is 4.73. The number of anilines is 1. The van der Waals surface area contributed by atoms with Crippen molar-refractivity contribution in [1.82, 2.24) is 14.5 Å². The first-order valence-electron chi connectivity index (χ1n) is 10.8. The van der Waals surface area contributed by atoms with Crippen molar-refractivity contribution in [1.29, 1.82) is 0 Å². The number of rotatable bonds is 3. The average molecular weight is 434 g/mol. The maximum absolute atomic E-state index is 13.2. The van der Waals surface area contributed by atoms with Gasteiger partial charge < -0.3 is 9.80 Å². The molecule has 0 spiro atoms. The van der Waals surface area contributed by atoms with E-state index < -0.39 is 5.92 Å². The van der Waals surface area contributed by atoms with E-state index in [1.807, 2.05) is 18.2 Å². The van der Waals surface area contributed by atoms with Crippen LogP contribution in [0.5, 0.6) is 0 Å². The molecule has 2 fully saturated rings. The quantitative estimate of drug-likeness (QED) is 0.635. The number of fused-ring (bicyclic) bond motifs is 1. The van der Waals surface area contributed by atoms with Crippen LogP contribution in [0, 0.1) is 11.7 Å². The predicted molar refractivity (Wildman–Crippen MR) is 118 cm³/mol. The van der Waals surface area contributed by atoms with E-state index in [1.54, 1.807) is 38.9 Å². The molecule has 5 rings (SSSR count). The van der Waals surface area contributed by atoms with E-state index in [9.17, 15) is 18.8 Å². The monoisotopic (exact) mass is 434 g/mol. The Morgan fingerprint density at radius 3 is 2.62 bits per heavy atom. The molecule has 3 aromatic rings. The van der Waals surface area contributed by atoms with Crippen LogP contribution in [0.3, 0.4) is 0 Å². The number of halogens is 1. The van der Waals surface area contributed by atoms with Crippen molar-refractivity contribution in [2.75, 3.05) is 24.5 Å². The summed E-state index contributed by atoms with van der Waals surface area (Å²) in [7, 11) is 0. The van der Waals surface area contributed by atoms with Crippen molar-refractivity contribution in [2.45, 2.75) is 25.3 Å². The second-order valence-corrected chi connectivity index (χ2v) is 8.44. The molecule has 0 N–H and O–H groups in total. The number of amides is 2. The number of nitrogens with zero attached hydrogens (tertiary/aromatic N) is 4. The Balaban J connectivity index is 1.32. The van der Waals surface area contributed by atoms with E-state index in [4.69, 9.17) is 0 Å². The summed E-state index contributed by atoms with van der Waals surface area (Å²) in [4.78, 5) is 46.4. The molecule has 2 atom stereocenters. The summed E-state index contributed by atoms with van der Waals surface area (Å²) in [6.45, 7) is 1.30. The lowest BCUT2D eigenvalue weighted by atomic mass is 10.0. The first kappa shape index (κ1) is 20.4. The van der Waals surface area contributed by atoms with Crippen LogP contribution in [0.1, 0.15) is 25.3 Å². The number of likely N-dealkylation sites (tertiary alicyclic amines) is 1. The highest BCUT2D eigenvalue weighted by molar-refractivity contribution is 6.00.